The van der Waals surface area contributed by atoms with Crippen LogP contribution in [0.4, 0.5) is 4.39 Å². The molecule has 0 unspecified atom stereocenters. The number of rotatable bonds is 2. The third-order valence-corrected chi connectivity index (χ3v) is 5.04. The number of pyridine rings is 1. The molecule has 4 heteroatoms. The van der Waals surface area contributed by atoms with Crippen LogP contribution in [0.1, 0.15) is 11.1 Å². The second-order valence-electron chi connectivity index (χ2n) is 7.15. The predicted octanol–water partition coefficient (Wildman–Crippen LogP) is 6.00. The van der Waals surface area contributed by atoms with Crippen molar-refractivity contribution in [3.8, 4) is 16.9 Å². The van der Waals surface area contributed by atoms with Gasteiger partial charge in [-0.05, 0) is 44.2 Å². The molecule has 0 spiro atoms. The van der Waals surface area contributed by atoms with Crippen LogP contribution in [0.15, 0.2) is 72.9 Å². The lowest BCUT2D eigenvalue weighted by atomic mass is 10.0. The van der Waals surface area contributed by atoms with E-state index in [0.717, 1.165) is 38.6 Å². The zero-order chi connectivity index (χ0) is 19.3. The first-order valence-corrected chi connectivity index (χ1v) is 9.21. The summed E-state index contributed by atoms with van der Waals surface area (Å²) < 4.78 is 15.8. The highest BCUT2D eigenvalue weighted by Crippen LogP contribution is 2.34. The number of aromatic nitrogens is 3. The summed E-state index contributed by atoms with van der Waals surface area (Å²) >= 11 is 0. The van der Waals surface area contributed by atoms with Crippen molar-refractivity contribution in [1.29, 1.82) is 0 Å². The fraction of sp³-hybridized carbons (Fsp3) is 0.0833. The molecule has 0 bridgehead atoms. The van der Waals surface area contributed by atoms with Gasteiger partial charge in [-0.25, -0.2) is 9.07 Å². The summed E-state index contributed by atoms with van der Waals surface area (Å²) in [6.45, 7) is 4.12. The molecule has 0 radical (unpaired) electrons. The molecular formula is C24H18FN3. The standard InChI is InChI=1S/C24H18FN3/c1-15-6-9-17(10-7-15)23-21-14-26-22-11-8-16(2)12-20(22)24(21)28(27-23)19-5-3-4-18(25)13-19/h3-14H,1-2H3. The summed E-state index contributed by atoms with van der Waals surface area (Å²) in [5.41, 5.74) is 6.72. The number of hydrogen-bond acceptors (Lipinski definition) is 2. The monoisotopic (exact) mass is 367 g/mol. The van der Waals surface area contributed by atoms with Gasteiger partial charge in [-0.15, -0.1) is 0 Å². The first kappa shape index (κ1) is 16.6. The van der Waals surface area contributed by atoms with Crippen LogP contribution in [0.2, 0.25) is 0 Å². The quantitative estimate of drug-likeness (QED) is 0.383. The molecule has 0 aliphatic heterocycles. The van der Waals surface area contributed by atoms with Gasteiger partial charge in [0.2, 0.25) is 0 Å². The van der Waals surface area contributed by atoms with Gasteiger partial charge in [0.1, 0.15) is 11.5 Å². The van der Waals surface area contributed by atoms with Crippen molar-refractivity contribution in [3.63, 3.8) is 0 Å². The zero-order valence-electron chi connectivity index (χ0n) is 15.6. The van der Waals surface area contributed by atoms with Crippen molar-refractivity contribution in [2.24, 2.45) is 0 Å². The number of hydrogen-bond donors (Lipinski definition) is 0. The fourth-order valence-corrected chi connectivity index (χ4v) is 3.62. The summed E-state index contributed by atoms with van der Waals surface area (Å²) in [5, 5.41) is 6.85. The molecule has 0 aliphatic carbocycles. The normalized spacial score (nSPS) is 11.4. The third kappa shape index (κ3) is 2.65. The Hall–Kier alpha value is -3.53. The summed E-state index contributed by atoms with van der Waals surface area (Å²) in [7, 11) is 0. The zero-order valence-corrected chi connectivity index (χ0v) is 15.6. The molecule has 28 heavy (non-hydrogen) atoms. The molecule has 5 aromatic rings. The number of nitrogens with zero attached hydrogens (tertiary/aromatic N) is 3. The van der Waals surface area contributed by atoms with Crippen LogP contribution < -0.4 is 0 Å². The van der Waals surface area contributed by atoms with E-state index in [2.05, 4.69) is 49.2 Å². The highest BCUT2D eigenvalue weighted by molar-refractivity contribution is 6.08. The minimum Gasteiger partial charge on any atom is -0.255 e. The number of benzene rings is 3. The van der Waals surface area contributed by atoms with Crippen LogP contribution in [0.5, 0.6) is 0 Å². The largest absolute Gasteiger partial charge is 0.255 e. The Morgan fingerprint density at radius 2 is 1.61 bits per heavy atom. The average molecular weight is 367 g/mol. The first-order valence-electron chi connectivity index (χ1n) is 9.21. The van der Waals surface area contributed by atoms with Crippen molar-refractivity contribution in [3.05, 3.63) is 89.9 Å². The van der Waals surface area contributed by atoms with Gasteiger partial charge in [0, 0.05) is 22.5 Å². The van der Waals surface area contributed by atoms with E-state index in [9.17, 15) is 4.39 Å². The van der Waals surface area contributed by atoms with E-state index >= 15 is 0 Å². The fourth-order valence-electron chi connectivity index (χ4n) is 3.62. The predicted molar refractivity (Wildman–Crippen MR) is 111 cm³/mol. The molecule has 0 N–H and O–H groups in total. The molecule has 0 saturated heterocycles. The van der Waals surface area contributed by atoms with Gasteiger partial charge in [-0.3, -0.25) is 4.98 Å². The molecule has 0 saturated carbocycles. The second-order valence-corrected chi connectivity index (χ2v) is 7.15. The van der Waals surface area contributed by atoms with Crippen LogP contribution in [0, 0.1) is 19.7 Å². The molecule has 3 nitrogen and oxygen atoms in total. The van der Waals surface area contributed by atoms with Crippen molar-refractivity contribution in [1.82, 2.24) is 14.8 Å². The lowest BCUT2D eigenvalue weighted by Gasteiger charge is -2.06. The van der Waals surface area contributed by atoms with Crippen LogP contribution in [0.25, 0.3) is 38.8 Å². The van der Waals surface area contributed by atoms with Crippen molar-refractivity contribution in [2.75, 3.05) is 0 Å². The number of fused-ring (bicyclic) bond motifs is 3. The molecule has 2 aromatic heterocycles. The van der Waals surface area contributed by atoms with E-state index in [1.807, 2.05) is 29.1 Å². The Balaban J connectivity index is 1.91. The topological polar surface area (TPSA) is 30.7 Å². The molecule has 0 atom stereocenters. The maximum absolute atomic E-state index is 14.0. The summed E-state index contributed by atoms with van der Waals surface area (Å²) in [4.78, 5) is 4.65. The number of halogens is 1. The van der Waals surface area contributed by atoms with Crippen LogP contribution >= 0.6 is 0 Å². The van der Waals surface area contributed by atoms with E-state index in [-0.39, 0.29) is 5.82 Å². The summed E-state index contributed by atoms with van der Waals surface area (Å²) in [6.07, 6.45) is 1.87. The Morgan fingerprint density at radius 1 is 0.821 bits per heavy atom. The molecule has 0 fully saturated rings. The minimum absolute atomic E-state index is 0.285. The van der Waals surface area contributed by atoms with Gasteiger partial charge in [0.15, 0.2) is 0 Å². The highest BCUT2D eigenvalue weighted by Gasteiger charge is 2.17. The van der Waals surface area contributed by atoms with Crippen LogP contribution in [-0.2, 0) is 0 Å². The van der Waals surface area contributed by atoms with E-state index in [0.29, 0.717) is 5.69 Å². The van der Waals surface area contributed by atoms with Gasteiger partial charge in [-0.2, -0.15) is 5.10 Å². The highest BCUT2D eigenvalue weighted by atomic mass is 19.1. The van der Waals surface area contributed by atoms with Gasteiger partial charge in [0.05, 0.1) is 16.7 Å². The number of aryl methyl sites for hydroxylation is 2. The molecule has 3 aromatic carbocycles. The van der Waals surface area contributed by atoms with E-state index in [1.54, 1.807) is 6.07 Å². The second kappa shape index (κ2) is 6.27. The van der Waals surface area contributed by atoms with Gasteiger partial charge >= 0.3 is 0 Å². The van der Waals surface area contributed by atoms with Crippen LogP contribution in [-0.4, -0.2) is 14.8 Å². The summed E-state index contributed by atoms with van der Waals surface area (Å²) in [6, 6.07) is 21.0. The van der Waals surface area contributed by atoms with Gasteiger partial charge < -0.3 is 0 Å². The van der Waals surface area contributed by atoms with E-state index in [4.69, 9.17) is 5.10 Å². The van der Waals surface area contributed by atoms with Crippen molar-refractivity contribution in [2.45, 2.75) is 13.8 Å². The SMILES string of the molecule is Cc1ccc(-c2nn(-c3cccc(F)c3)c3c2cnc2ccc(C)cc23)cc1. The van der Waals surface area contributed by atoms with E-state index < -0.39 is 0 Å². The average Bonchev–Trinajstić information content (AvgIpc) is 3.09. The molecule has 2 heterocycles. The van der Waals surface area contributed by atoms with Crippen LogP contribution in [0.3, 0.4) is 0 Å². The smallest absolute Gasteiger partial charge is 0.125 e. The van der Waals surface area contributed by atoms with Crippen molar-refractivity contribution >= 4 is 21.8 Å². The van der Waals surface area contributed by atoms with Gasteiger partial charge in [-0.1, -0.05) is 47.5 Å². The lowest BCUT2D eigenvalue weighted by molar-refractivity contribution is 0.626. The maximum atomic E-state index is 14.0. The summed E-state index contributed by atoms with van der Waals surface area (Å²) in [5.74, 6) is -0.285. The Bertz CT molecular complexity index is 1330. The Morgan fingerprint density at radius 3 is 2.39 bits per heavy atom. The Kier molecular flexibility index (Phi) is 3.72. The third-order valence-electron chi connectivity index (χ3n) is 5.04. The molecule has 5 rings (SSSR count). The maximum Gasteiger partial charge on any atom is 0.125 e. The van der Waals surface area contributed by atoms with Gasteiger partial charge in [0.25, 0.3) is 0 Å². The van der Waals surface area contributed by atoms with Crippen molar-refractivity contribution < 1.29 is 4.39 Å². The lowest BCUT2D eigenvalue weighted by Crippen LogP contribution is -1.98. The molecule has 0 amide bonds. The first-order chi connectivity index (χ1) is 13.6. The minimum atomic E-state index is -0.285. The van der Waals surface area contributed by atoms with E-state index in [1.165, 1.54) is 17.7 Å². The molecule has 136 valence electrons. The molecule has 0 aliphatic rings. The molecular weight excluding hydrogens is 349 g/mol. The Labute approximate surface area is 162 Å².